The number of benzene rings is 3. The lowest BCUT2D eigenvalue weighted by Gasteiger charge is -2.13. The van der Waals surface area contributed by atoms with E-state index in [1.54, 1.807) is 4.57 Å². The first kappa shape index (κ1) is 27.0. The number of likely N-dealkylation sites (N-methyl/N-ethyl adjacent to an activating group) is 1. The van der Waals surface area contributed by atoms with Gasteiger partial charge in [0.05, 0.1) is 12.2 Å². The Morgan fingerprint density at radius 1 is 0.974 bits per heavy atom. The third kappa shape index (κ3) is 6.26. The summed E-state index contributed by atoms with van der Waals surface area (Å²) in [6.07, 6.45) is 1.02. The molecule has 4 rings (SSSR count). The molecular weight excluding hydrogens is 470 g/mol. The van der Waals surface area contributed by atoms with Gasteiger partial charge in [0, 0.05) is 12.1 Å². The smallest absolute Gasteiger partial charge is 0.309 e. The number of nitrogens with one attached hydrogen (secondary N) is 1. The van der Waals surface area contributed by atoms with Crippen molar-refractivity contribution < 1.29 is 0 Å². The first-order valence-electron chi connectivity index (χ1n) is 13.0. The Balaban J connectivity index is 1.62. The van der Waals surface area contributed by atoms with E-state index in [1.807, 2.05) is 25.1 Å². The Labute approximate surface area is 225 Å². The molecular formula is C32H37N5O. The maximum atomic E-state index is 12.9. The number of aromatic nitrogens is 2. The first-order chi connectivity index (χ1) is 18.3. The Morgan fingerprint density at radius 2 is 1.71 bits per heavy atom. The van der Waals surface area contributed by atoms with E-state index >= 15 is 0 Å². The maximum Gasteiger partial charge on any atom is 0.327 e. The van der Waals surface area contributed by atoms with E-state index in [1.165, 1.54) is 11.1 Å². The number of nitrogens with zero attached hydrogens (tertiary/aromatic N) is 4. The summed E-state index contributed by atoms with van der Waals surface area (Å²) in [7, 11) is 4.19. The number of aliphatic imine (C=N–C) groups is 2. The Bertz CT molecular complexity index is 1490. The molecule has 3 aromatic carbocycles. The van der Waals surface area contributed by atoms with Crippen LogP contribution in [0.4, 0.5) is 5.82 Å². The van der Waals surface area contributed by atoms with Gasteiger partial charge in [-0.1, -0.05) is 86.6 Å². The van der Waals surface area contributed by atoms with E-state index in [2.05, 4.69) is 104 Å². The SMILES string of the molecule is C=NC(=Nc1c(C)[nH]c(=O)n1Cc1ccc(-c2cccc(CCN(C)C)c2)cc1)c1ccccc1C(C)C. The van der Waals surface area contributed by atoms with Gasteiger partial charge in [-0.05, 0) is 67.9 Å². The van der Waals surface area contributed by atoms with Crippen LogP contribution in [0, 0.1) is 6.92 Å². The summed E-state index contributed by atoms with van der Waals surface area (Å²) in [4.78, 5) is 27.0. The van der Waals surface area contributed by atoms with Gasteiger partial charge in [0.25, 0.3) is 0 Å². The average molecular weight is 508 g/mol. The van der Waals surface area contributed by atoms with Crippen molar-refractivity contribution in [3.8, 4) is 11.1 Å². The van der Waals surface area contributed by atoms with Gasteiger partial charge < -0.3 is 9.88 Å². The summed E-state index contributed by atoms with van der Waals surface area (Å²) in [5.74, 6) is 1.38. The van der Waals surface area contributed by atoms with Gasteiger partial charge in [-0.3, -0.25) is 4.57 Å². The molecule has 0 aliphatic carbocycles. The van der Waals surface area contributed by atoms with Crippen LogP contribution < -0.4 is 5.69 Å². The normalized spacial score (nSPS) is 11.9. The van der Waals surface area contributed by atoms with Gasteiger partial charge in [-0.25, -0.2) is 14.8 Å². The lowest BCUT2D eigenvalue weighted by atomic mass is 9.96. The van der Waals surface area contributed by atoms with Crippen LogP contribution in [0.15, 0.2) is 87.6 Å². The zero-order valence-electron chi connectivity index (χ0n) is 23.0. The van der Waals surface area contributed by atoms with Crippen molar-refractivity contribution in [2.45, 2.75) is 39.7 Å². The van der Waals surface area contributed by atoms with Gasteiger partial charge >= 0.3 is 5.69 Å². The number of rotatable bonds is 9. The van der Waals surface area contributed by atoms with Crippen LogP contribution in [0.3, 0.4) is 0 Å². The quantitative estimate of drug-likeness (QED) is 0.216. The molecule has 0 bridgehead atoms. The van der Waals surface area contributed by atoms with E-state index in [0.717, 1.165) is 35.2 Å². The second kappa shape index (κ2) is 12.0. The molecule has 1 N–H and O–H groups in total. The fraction of sp³-hybridized carbons (Fsp3) is 0.281. The minimum atomic E-state index is -0.195. The molecule has 0 saturated heterocycles. The molecule has 196 valence electrons. The van der Waals surface area contributed by atoms with Crippen molar-refractivity contribution in [3.05, 3.63) is 111 Å². The van der Waals surface area contributed by atoms with Crippen LogP contribution in [-0.2, 0) is 13.0 Å². The number of aryl methyl sites for hydroxylation is 1. The molecule has 4 aromatic rings. The predicted octanol–water partition coefficient (Wildman–Crippen LogP) is 6.21. The fourth-order valence-electron chi connectivity index (χ4n) is 4.60. The topological polar surface area (TPSA) is 65.8 Å². The Kier molecular flexibility index (Phi) is 8.54. The minimum absolute atomic E-state index is 0.195. The predicted molar refractivity (Wildman–Crippen MR) is 159 cm³/mol. The molecule has 0 fully saturated rings. The highest BCUT2D eigenvalue weighted by molar-refractivity contribution is 6.04. The van der Waals surface area contributed by atoms with Gasteiger partial charge in [-0.15, -0.1) is 0 Å². The average Bonchev–Trinajstić information content (AvgIpc) is 3.17. The lowest BCUT2D eigenvalue weighted by molar-refractivity contribution is 0.413. The monoisotopic (exact) mass is 507 g/mol. The second-order valence-corrected chi connectivity index (χ2v) is 10.3. The van der Waals surface area contributed by atoms with E-state index in [-0.39, 0.29) is 5.69 Å². The number of aromatic amines is 1. The van der Waals surface area contributed by atoms with Gasteiger partial charge in [0.15, 0.2) is 11.7 Å². The van der Waals surface area contributed by atoms with Crippen molar-refractivity contribution in [3.63, 3.8) is 0 Å². The van der Waals surface area contributed by atoms with Gasteiger partial charge in [0.2, 0.25) is 0 Å². The van der Waals surface area contributed by atoms with Crippen LogP contribution in [0.2, 0.25) is 0 Å². The van der Waals surface area contributed by atoms with Crippen LogP contribution in [0.5, 0.6) is 0 Å². The van der Waals surface area contributed by atoms with Crippen LogP contribution >= 0.6 is 0 Å². The highest BCUT2D eigenvalue weighted by Gasteiger charge is 2.15. The van der Waals surface area contributed by atoms with Crippen molar-refractivity contribution in [2.24, 2.45) is 9.98 Å². The first-order valence-corrected chi connectivity index (χ1v) is 13.0. The highest BCUT2D eigenvalue weighted by atomic mass is 16.1. The summed E-state index contributed by atoms with van der Waals surface area (Å²) >= 11 is 0. The molecule has 0 radical (unpaired) electrons. The second-order valence-electron chi connectivity index (χ2n) is 10.3. The fourth-order valence-corrected chi connectivity index (χ4v) is 4.60. The molecule has 0 amide bonds. The third-order valence-electron chi connectivity index (χ3n) is 6.72. The zero-order valence-corrected chi connectivity index (χ0v) is 23.0. The lowest BCUT2D eigenvalue weighted by Crippen LogP contribution is -2.17. The molecule has 0 atom stereocenters. The molecule has 0 aliphatic rings. The summed E-state index contributed by atoms with van der Waals surface area (Å²) in [5, 5.41) is 0. The number of amidine groups is 1. The van der Waals surface area contributed by atoms with Crippen molar-refractivity contribution in [2.75, 3.05) is 20.6 Å². The molecule has 0 unspecified atom stereocenters. The number of hydrogen-bond acceptors (Lipinski definition) is 3. The third-order valence-corrected chi connectivity index (χ3v) is 6.72. The number of imidazole rings is 1. The molecule has 38 heavy (non-hydrogen) atoms. The minimum Gasteiger partial charge on any atom is -0.309 e. The van der Waals surface area contributed by atoms with E-state index in [0.29, 0.717) is 29.8 Å². The Morgan fingerprint density at radius 3 is 2.39 bits per heavy atom. The molecule has 0 saturated carbocycles. The van der Waals surface area contributed by atoms with E-state index in [9.17, 15) is 4.79 Å². The summed E-state index contributed by atoms with van der Waals surface area (Å²) in [6.45, 7) is 11.3. The largest absolute Gasteiger partial charge is 0.327 e. The van der Waals surface area contributed by atoms with Crippen molar-refractivity contribution in [1.82, 2.24) is 14.5 Å². The summed E-state index contributed by atoms with van der Waals surface area (Å²) < 4.78 is 1.66. The van der Waals surface area contributed by atoms with E-state index in [4.69, 9.17) is 4.99 Å². The molecule has 6 heteroatoms. The van der Waals surface area contributed by atoms with Crippen LogP contribution in [0.25, 0.3) is 11.1 Å². The van der Waals surface area contributed by atoms with Crippen LogP contribution in [-0.4, -0.2) is 47.6 Å². The maximum absolute atomic E-state index is 12.9. The standard InChI is InChI=1S/C32H37N5O/c1-22(2)28-12-7-8-13-29(28)30(33-4)35-31-23(3)34-32(38)37(31)21-25-14-16-26(17-15-25)27-11-9-10-24(20-27)18-19-36(5)6/h7-17,20,22H,4,18-19,21H2,1-3,5-6H3,(H,34,38). The van der Waals surface area contributed by atoms with Gasteiger partial charge in [0.1, 0.15) is 0 Å². The zero-order chi connectivity index (χ0) is 27.2. The van der Waals surface area contributed by atoms with Gasteiger partial charge in [-0.2, -0.15) is 0 Å². The number of hydrogen-bond donors (Lipinski definition) is 1. The summed E-state index contributed by atoms with van der Waals surface area (Å²) in [5.41, 5.74) is 7.26. The van der Waals surface area contributed by atoms with Crippen LogP contribution in [0.1, 0.15) is 47.7 Å². The molecule has 6 nitrogen and oxygen atoms in total. The Hall–Kier alpha value is -4.03. The highest BCUT2D eigenvalue weighted by Crippen LogP contribution is 2.25. The molecule has 0 spiro atoms. The van der Waals surface area contributed by atoms with E-state index < -0.39 is 0 Å². The number of H-pyrrole nitrogens is 1. The molecule has 1 heterocycles. The summed E-state index contributed by atoms with van der Waals surface area (Å²) in [6, 6.07) is 25.1. The van der Waals surface area contributed by atoms with Crippen molar-refractivity contribution in [1.29, 1.82) is 0 Å². The molecule has 1 aromatic heterocycles. The molecule has 0 aliphatic heterocycles. The van der Waals surface area contributed by atoms with Crippen molar-refractivity contribution >= 4 is 18.4 Å².